The molecule has 16 heavy (non-hydrogen) atoms. The monoisotopic (exact) mass is 338 g/mol. The van der Waals surface area contributed by atoms with Gasteiger partial charge in [-0.15, -0.1) is 0 Å². The Hall–Kier alpha value is -0.440. The lowest BCUT2D eigenvalue weighted by atomic mass is 10.1. The standard InChI is InChI=1S/C12H19IO3/c1-2-3-4-5-6-7-10-15-12(14)16-11-8-9-13/h2-7,10-11H2,1H3. The number of hydrogen-bond acceptors (Lipinski definition) is 3. The van der Waals surface area contributed by atoms with E-state index in [0.29, 0.717) is 6.61 Å². The van der Waals surface area contributed by atoms with Gasteiger partial charge < -0.3 is 9.47 Å². The average molecular weight is 338 g/mol. The quantitative estimate of drug-likeness (QED) is 0.291. The highest BCUT2D eigenvalue weighted by Crippen LogP contribution is 2.05. The Labute approximate surface area is 111 Å². The maximum atomic E-state index is 10.9. The van der Waals surface area contributed by atoms with Crippen molar-refractivity contribution in [3.8, 4) is 9.85 Å². The number of unbranched alkanes of at least 4 members (excludes halogenated alkanes) is 5. The zero-order chi connectivity index (χ0) is 12.1. The van der Waals surface area contributed by atoms with Gasteiger partial charge in [-0.3, -0.25) is 0 Å². The molecule has 0 aliphatic rings. The number of carbonyl (C=O) groups is 1. The highest BCUT2D eigenvalue weighted by atomic mass is 127. The van der Waals surface area contributed by atoms with Crippen LogP contribution in [0.4, 0.5) is 4.79 Å². The van der Waals surface area contributed by atoms with Crippen LogP contribution in [0.5, 0.6) is 0 Å². The second-order valence-electron chi connectivity index (χ2n) is 3.43. The third-order valence-electron chi connectivity index (χ3n) is 2.05. The van der Waals surface area contributed by atoms with Gasteiger partial charge in [0.1, 0.15) is 0 Å². The number of ether oxygens (including phenoxy) is 2. The van der Waals surface area contributed by atoms with E-state index in [2.05, 4.69) is 21.5 Å². The van der Waals surface area contributed by atoms with E-state index in [1.807, 2.05) is 22.6 Å². The summed E-state index contributed by atoms with van der Waals surface area (Å²) in [6.07, 6.45) is 6.43. The van der Waals surface area contributed by atoms with Crippen molar-refractivity contribution >= 4 is 28.7 Å². The predicted molar refractivity (Wildman–Crippen MR) is 72.5 cm³/mol. The van der Waals surface area contributed by atoms with Gasteiger partial charge in [0, 0.05) is 22.6 Å². The third kappa shape index (κ3) is 11.6. The van der Waals surface area contributed by atoms with Gasteiger partial charge in [0.25, 0.3) is 0 Å². The minimum Gasteiger partial charge on any atom is -0.434 e. The number of hydrogen-bond donors (Lipinski definition) is 0. The summed E-state index contributed by atoms with van der Waals surface area (Å²) in [6.45, 7) is 2.75. The molecule has 0 aromatic heterocycles. The highest BCUT2D eigenvalue weighted by molar-refractivity contribution is 14.1. The van der Waals surface area contributed by atoms with Crippen LogP contribution in [0.2, 0.25) is 0 Å². The molecule has 0 aromatic carbocycles. The van der Waals surface area contributed by atoms with E-state index in [4.69, 9.17) is 4.74 Å². The molecule has 92 valence electrons. The van der Waals surface area contributed by atoms with Crippen LogP contribution in [0.1, 0.15) is 45.4 Å². The van der Waals surface area contributed by atoms with Crippen molar-refractivity contribution in [1.29, 1.82) is 0 Å². The fraction of sp³-hybridized carbons (Fsp3) is 0.750. The maximum Gasteiger partial charge on any atom is 0.509 e. The molecule has 0 saturated carbocycles. The number of halogens is 1. The Morgan fingerprint density at radius 2 is 1.81 bits per heavy atom. The molecular weight excluding hydrogens is 319 g/mol. The molecule has 0 aliphatic carbocycles. The van der Waals surface area contributed by atoms with Crippen molar-refractivity contribution in [3.63, 3.8) is 0 Å². The minimum absolute atomic E-state index is 0.109. The van der Waals surface area contributed by atoms with E-state index in [1.54, 1.807) is 0 Å². The van der Waals surface area contributed by atoms with Crippen LogP contribution >= 0.6 is 22.6 Å². The molecule has 4 heteroatoms. The topological polar surface area (TPSA) is 35.5 Å². The molecule has 0 aromatic rings. The zero-order valence-electron chi connectivity index (χ0n) is 9.76. The largest absolute Gasteiger partial charge is 0.509 e. The van der Waals surface area contributed by atoms with Crippen molar-refractivity contribution in [2.45, 2.75) is 45.4 Å². The molecule has 0 radical (unpaired) electrons. The van der Waals surface area contributed by atoms with Gasteiger partial charge in [-0.25, -0.2) is 4.79 Å². The lowest BCUT2D eigenvalue weighted by Crippen LogP contribution is -2.08. The van der Waals surface area contributed by atoms with E-state index in [-0.39, 0.29) is 6.61 Å². The van der Waals surface area contributed by atoms with E-state index in [0.717, 1.165) is 12.8 Å². The molecule has 0 bridgehead atoms. The van der Waals surface area contributed by atoms with Crippen molar-refractivity contribution in [1.82, 2.24) is 0 Å². The molecule has 0 spiro atoms. The van der Waals surface area contributed by atoms with Gasteiger partial charge in [-0.05, 0) is 10.3 Å². The molecule has 0 N–H and O–H groups in total. The lowest BCUT2D eigenvalue weighted by Gasteiger charge is -2.03. The number of carbonyl (C=O) groups excluding carboxylic acids is 1. The summed E-state index contributed by atoms with van der Waals surface area (Å²) in [5.41, 5.74) is 0. The summed E-state index contributed by atoms with van der Waals surface area (Å²) in [5, 5.41) is 0. The Morgan fingerprint density at radius 3 is 2.50 bits per heavy atom. The highest BCUT2D eigenvalue weighted by Gasteiger charge is 2.01. The van der Waals surface area contributed by atoms with Gasteiger partial charge in [0.15, 0.2) is 6.61 Å². The molecule has 0 unspecified atom stereocenters. The van der Waals surface area contributed by atoms with Crippen molar-refractivity contribution < 1.29 is 14.3 Å². The maximum absolute atomic E-state index is 10.9. The van der Waals surface area contributed by atoms with Gasteiger partial charge in [-0.2, -0.15) is 0 Å². The third-order valence-corrected chi connectivity index (χ3v) is 2.43. The smallest absolute Gasteiger partial charge is 0.434 e. The minimum atomic E-state index is -0.618. The van der Waals surface area contributed by atoms with Crippen molar-refractivity contribution in [3.05, 3.63) is 0 Å². The van der Waals surface area contributed by atoms with Crippen LogP contribution in [-0.2, 0) is 9.47 Å². The summed E-state index contributed by atoms with van der Waals surface area (Å²) < 4.78 is 12.2. The van der Waals surface area contributed by atoms with Crippen LogP contribution < -0.4 is 0 Å². The van der Waals surface area contributed by atoms with E-state index >= 15 is 0 Å². The first-order valence-electron chi connectivity index (χ1n) is 5.69. The fourth-order valence-electron chi connectivity index (χ4n) is 1.20. The van der Waals surface area contributed by atoms with E-state index < -0.39 is 6.16 Å². The molecular formula is C12H19IO3. The average Bonchev–Trinajstić information content (AvgIpc) is 2.28. The summed E-state index contributed by atoms with van der Waals surface area (Å²) >= 11 is 1.89. The van der Waals surface area contributed by atoms with Crippen LogP contribution in [0.3, 0.4) is 0 Å². The van der Waals surface area contributed by atoms with Crippen LogP contribution in [0.25, 0.3) is 0 Å². The predicted octanol–water partition coefficient (Wildman–Crippen LogP) is 3.90. The first kappa shape index (κ1) is 15.6. The molecule has 0 fully saturated rings. The normalized spacial score (nSPS) is 9.12. The first-order chi connectivity index (χ1) is 7.81. The Bertz CT molecular complexity index is 230. The second-order valence-corrected chi connectivity index (χ2v) is 3.97. The van der Waals surface area contributed by atoms with Crippen LogP contribution in [0.15, 0.2) is 0 Å². The van der Waals surface area contributed by atoms with Crippen LogP contribution in [0, 0.1) is 9.85 Å². The Morgan fingerprint density at radius 1 is 1.12 bits per heavy atom. The second kappa shape index (κ2) is 12.6. The van der Waals surface area contributed by atoms with E-state index in [1.165, 1.54) is 25.7 Å². The van der Waals surface area contributed by atoms with Crippen LogP contribution in [-0.4, -0.2) is 19.4 Å². The lowest BCUT2D eigenvalue weighted by molar-refractivity contribution is 0.0632. The summed E-state index contributed by atoms with van der Waals surface area (Å²) in [6, 6.07) is 0. The molecule has 0 amide bonds. The Kier molecular flexibility index (Phi) is 12.3. The summed E-state index contributed by atoms with van der Waals surface area (Å²) in [7, 11) is 0. The summed E-state index contributed by atoms with van der Waals surface area (Å²) in [4.78, 5) is 10.9. The first-order valence-corrected chi connectivity index (χ1v) is 6.77. The van der Waals surface area contributed by atoms with Gasteiger partial charge >= 0.3 is 6.16 Å². The number of rotatable bonds is 8. The van der Waals surface area contributed by atoms with E-state index in [9.17, 15) is 4.79 Å². The van der Waals surface area contributed by atoms with Crippen molar-refractivity contribution in [2.24, 2.45) is 0 Å². The zero-order valence-corrected chi connectivity index (χ0v) is 11.9. The van der Waals surface area contributed by atoms with Gasteiger partial charge in [-0.1, -0.05) is 44.9 Å². The fourth-order valence-corrected chi connectivity index (χ4v) is 1.36. The van der Waals surface area contributed by atoms with Gasteiger partial charge in [0.2, 0.25) is 0 Å². The van der Waals surface area contributed by atoms with Crippen molar-refractivity contribution in [2.75, 3.05) is 13.2 Å². The molecule has 0 aliphatic heterocycles. The molecule has 0 saturated heterocycles. The molecule has 0 atom stereocenters. The molecule has 0 heterocycles. The Balaban J connectivity index is 3.17. The van der Waals surface area contributed by atoms with Gasteiger partial charge in [0.05, 0.1) is 6.61 Å². The SMILES string of the molecule is CCCCCCCCOC(=O)OCC#CI. The summed E-state index contributed by atoms with van der Waals surface area (Å²) in [5.74, 6) is 2.62. The molecule has 0 rings (SSSR count). The molecule has 3 nitrogen and oxygen atoms in total.